The van der Waals surface area contributed by atoms with Crippen molar-refractivity contribution in [2.24, 2.45) is 5.73 Å². The lowest BCUT2D eigenvalue weighted by molar-refractivity contribution is -0.115. The van der Waals surface area contributed by atoms with Crippen molar-refractivity contribution in [3.05, 3.63) is 68.8 Å². The van der Waals surface area contributed by atoms with E-state index in [-0.39, 0.29) is 0 Å². The van der Waals surface area contributed by atoms with E-state index in [4.69, 9.17) is 15.2 Å². The van der Waals surface area contributed by atoms with E-state index in [0.29, 0.717) is 45.0 Å². The molecule has 0 saturated heterocycles. The number of allylic oxidation sites excluding steroid dienone is 1. The molecule has 1 amide bonds. The van der Waals surface area contributed by atoms with Crippen molar-refractivity contribution < 1.29 is 14.3 Å². The number of fused-ring (bicyclic) bond motifs is 1. The number of benzene rings is 2. The second-order valence-electron chi connectivity index (χ2n) is 7.78. The SMILES string of the molecule is CCSc1nc2n(n1)C(c1cc(Br)c(OCc3ccccc3C)c(OC)c1)C(C(N)=O)=C(C)N2. The second-order valence-corrected chi connectivity index (χ2v) is 9.86. The summed E-state index contributed by atoms with van der Waals surface area (Å²) >= 11 is 5.16. The van der Waals surface area contributed by atoms with Gasteiger partial charge in [-0.2, -0.15) is 4.98 Å². The third-order valence-corrected chi connectivity index (χ3v) is 6.88. The normalized spacial score (nSPS) is 15.0. The molecule has 34 heavy (non-hydrogen) atoms. The average Bonchev–Trinajstić information content (AvgIpc) is 3.19. The van der Waals surface area contributed by atoms with Crippen LogP contribution in [-0.2, 0) is 11.4 Å². The molecule has 0 fully saturated rings. The van der Waals surface area contributed by atoms with E-state index < -0.39 is 11.9 Å². The summed E-state index contributed by atoms with van der Waals surface area (Å²) in [6.45, 7) is 6.28. The standard InChI is InChI=1S/C24H26BrN5O3S/c1-5-34-24-28-23-27-14(3)19(22(26)31)20(30(23)29-24)16-10-17(25)21(18(11-16)32-4)33-12-15-9-7-6-8-13(15)2/h6-11,20H,5,12H2,1-4H3,(H2,26,31)(H,27,28,29). The number of amides is 1. The number of nitrogens with two attached hydrogens (primary N) is 1. The Labute approximate surface area is 211 Å². The second kappa shape index (κ2) is 10.1. The molecule has 0 bridgehead atoms. The van der Waals surface area contributed by atoms with Crippen LogP contribution in [0.15, 0.2) is 57.3 Å². The van der Waals surface area contributed by atoms with Gasteiger partial charge < -0.3 is 20.5 Å². The van der Waals surface area contributed by atoms with E-state index in [1.807, 2.05) is 57.2 Å². The molecule has 1 aliphatic heterocycles. The van der Waals surface area contributed by atoms with Gasteiger partial charge >= 0.3 is 0 Å². The summed E-state index contributed by atoms with van der Waals surface area (Å²) in [6, 6.07) is 11.2. The van der Waals surface area contributed by atoms with Crippen molar-refractivity contribution in [2.75, 3.05) is 18.2 Å². The van der Waals surface area contributed by atoms with E-state index >= 15 is 0 Å². The lowest BCUT2D eigenvalue weighted by Crippen LogP contribution is -2.31. The molecule has 3 N–H and O–H groups in total. The summed E-state index contributed by atoms with van der Waals surface area (Å²) in [5, 5.41) is 8.41. The minimum atomic E-state index is -0.567. The van der Waals surface area contributed by atoms with Crippen molar-refractivity contribution in [2.45, 2.75) is 38.6 Å². The van der Waals surface area contributed by atoms with Crippen LogP contribution in [-0.4, -0.2) is 33.5 Å². The van der Waals surface area contributed by atoms with Crippen LogP contribution in [0.1, 0.15) is 36.6 Å². The number of aryl methyl sites for hydroxylation is 1. The van der Waals surface area contributed by atoms with Crippen LogP contribution >= 0.6 is 27.7 Å². The fourth-order valence-corrected chi connectivity index (χ4v) is 5.04. The first-order valence-corrected chi connectivity index (χ1v) is 12.5. The Balaban J connectivity index is 1.76. The highest BCUT2D eigenvalue weighted by molar-refractivity contribution is 9.10. The summed E-state index contributed by atoms with van der Waals surface area (Å²) in [5.41, 5.74) is 9.85. The molecule has 1 aromatic heterocycles. The Morgan fingerprint density at radius 2 is 2.06 bits per heavy atom. The lowest BCUT2D eigenvalue weighted by Gasteiger charge is -2.28. The molecule has 10 heteroatoms. The van der Waals surface area contributed by atoms with Crippen LogP contribution in [0.25, 0.3) is 0 Å². The number of anilines is 1. The molecular weight excluding hydrogens is 518 g/mol. The number of halogens is 1. The number of carbonyl (C=O) groups is 1. The predicted molar refractivity (Wildman–Crippen MR) is 136 cm³/mol. The first-order valence-electron chi connectivity index (χ1n) is 10.8. The average molecular weight is 544 g/mol. The minimum absolute atomic E-state index is 0.394. The van der Waals surface area contributed by atoms with Crippen LogP contribution < -0.4 is 20.5 Å². The number of rotatable bonds is 8. The zero-order valence-corrected chi connectivity index (χ0v) is 21.8. The summed E-state index contributed by atoms with van der Waals surface area (Å²) in [6.07, 6.45) is 0. The topological polar surface area (TPSA) is 104 Å². The van der Waals surface area contributed by atoms with Crippen LogP contribution in [0.4, 0.5) is 5.95 Å². The van der Waals surface area contributed by atoms with Gasteiger partial charge in [0, 0.05) is 5.70 Å². The molecule has 2 aromatic carbocycles. The molecule has 4 rings (SSSR count). The molecule has 8 nitrogen and oxygen atoms in total. The van der Waals surface area contributed by atoms with Crippen LogP contribution in [0.2, 0.25) is 0 Å². The number of aromatic nitrogens is 3. The third-order valence-electron chi connectivity index (χ3n) is 5.57. The Morgan fingerprint density at radius 3 is 2.74 bits per heavy atom. The van der Waals surface area contributed by atoms with Gasteiger partial charge in [-0.1, -0.05) is 43.0 Å². The van der Waals surface area contributed by atoms with Crippen molar-refractivity contribution >= 4 is 39.5 Å². The zero-order chi connectivity index (χ0) is 24.4. The van der Waals surface area contributed by atoms with Gasteiger partial charge in [0.15, 0.2) is 11.5 Å². The number of nitrogens with zero attached hydrogens (tertiary/aromatic N) is 3. The number of ether oxygens (including phenoxy) is 2. The molecule has 178 valence electrons. The maximum absolute atomic E-state index is 12.5. The molecule has 0 spiro atoms. The maximum Gasteiger partial charge on any atom is 0.248 e. The highest BCUT2D eigenvalue weighted by atomic mass is 79.9. The summed E-state index contributed by atoms with van der Waals surface area (Å²) < 4.78 is 14.2. The quantitative estimate of drug-likeness (QED) is 0.392. The molecule has 1 aliphatic rings. The molecule has 2 heterocycles. The molecule has 1 unspecified atom stereocenters. The van der Waals surface area contributed by atoms with Gasteiger partial charge in [-0.15, -0.1) is 5.10 Å². The molecule has 3 aromatic rings. The van der Waals surface area contributed by atoms with Crippen molar-refractivity contribution in [1.82, 2.24) is 14.8 Å². The fraction of sp³-hybridized carbons (Fsp3) is 0.292. The van der Waals surface area contributed by atoms with Gasteiger partial charge in [-0.3, -0.25) is 4.79 Å². The van der Waals surface area contributed by atoms with Gasteiger partial charge in [0.1, 0.15) is 12.6 Å². The molecule has 0 aliphatic carbocycles. The number of carbonyl (C=O) groups excluding carboxylic acids is 1. The fourth-order valence-electron chi connectivity index (χ4n) is 3.91. The Kier molecular flexibility index (Phi) is 7.18. The van der Waals surface area contributed by atoms with Gasteiger partial charge in [0.05, 0.1) is 17.2 Å². The summed E-state index contributed by atoms with van der Waals surface area (Å²) in [4.78, 5) is 17.0. The number of hydrogen-bond acceptors (Lipinski definition) is 7. The molecule has 0 saturated carbocycles. The number of nitrogens with one attached hydrogen (secondary N) is 1. The van der Waals surface area contributed by atoms with E-state index in [1.165, 1.54) is 11.8 Å². The highest BCUT2D eigenvalue weighted by Crippen LogP contribution is 2.43. The first-order chi connectivity index (χ1) is 16.3. The maximum atomic E-state index is 12.5. The van der Waals surface area contributed by atoms with Crippen molar-refractivity contribution in [3.63, 3.8) is 0 Å². The zero-order valence-electron chi connectivity index (χ0n) is 19.4. The molecule has 0 radical (unpaired) electrons. The highest BCUT2D eigenvalue weighted by Gasteiger charge is 2.34. The Hall–Kier alpha value is -2.98. The number of hydrogen-bond donors (Lipinski definition) is 2. The van der Waals surface area contributed by atoms with Crippen molar-refractivity contribution in [1.29, 1.82) is 0 Å². The van der Waals surface area contributed by atoms with Gasteiger partial charge in [-0.05, 0) is 64.4 Å². The summed E-state index contributed by atoms with van der Waals surface area (Å²) in [5.74, 6) is 1.96. The van der Waals surface area contributed by atoms with Gasteiger partial charge in [-0.25, -0.2) is 4.68 Å². The van der Waals surface area contributed by atoms with Gasteiger partial charge in [0.25, 0.3) is 0 Å². The van der Waals surface area contributed by atoms with Crippen molar-refractivity contribution in [3.8, 4) is 11.5 Å². The smallest absolute Gasteiger partial charge is 0.248 e. The first kappa shape index (κ1) is 24.2. The predicted octanol–water partition coefficient (Wildman–Crippen LogP) is 4.82. The largest absolute Gasteiger partial charge is 0.493 e. The summed E-state index contributed by atoms with van der Waals surface area (Å²) in [7, 11) is 1.58. The minimum Gasteiger partial charge on any atom is -0.493 e. The van der Waals surface area contributed by atoms with E-state index in [9.17, 15) is 4.79 Å². The molecule has 1 atom stereocenters. The third kappa shape index (κ3) is 4.65. The lowest BCUT2D eigenvalue weighted by atomic mass is 9.95. The van der Waals surface area contributed by atoms with E-state index in [2.05, 4.69) is 31.3 Å². The monoisotopic (exact) mass is 543 g/mol. The van der Waals surface area contributed by atoms with Gasteiger partial charge in [0.2, 0.25) is 17.0 Å². The van der Waals surface area contributed by atoms with Crippen LogP contribution in [0.5, 0.6) is 11.5 Å². The van der Waals surface area contributed by atoms with Crippen LogP contribution in [0, 0.1) is 6.92 Å². The number of primary amides is 1. The van der Waals surface area contributed by atoms with E-state index in [0.717, 1.165) is 22.4 Å². The Bertz CT molecular complexity index is 1270. The van der Waals surface area contributed by atoms with E-state index in [1.54, 1.807) is 11.8 Å². The Morgan fingerprint density at radius 1 is 1.29 bits per heavy atom. The number of thioether (sulfide) groups is 1. The molecular formula is C24H26BrN5O3S. The number of methoxy groups -OCH3 is 1. The van der Waals surface area contributed by atoms with Crippen LogP contribution in [0.3, 0.4) is 0 Å².